The van der Waals surface area contributed by atoms with Gasteiger partial charge in [0.25, 0.3) is 0 Å². The molecule has 0 aliphatic heterocycles. The van der Waals surface area contributed by atoms with Crippen molar-refractivity contribution < 1.29 is 0 Å². The van der Waals surface area contributed by atoms with Gasteiger partial charge < -0.3 is 4.57 Å². The summed E-state index contributed by atoms with van der Waals surface area (Å²) in [6, 6.07) is 41.9. The normalized spacial score (nSPS) is 12.2. The molecule has 0 unspecified atom stereocenters. The van der Waals surface area contributed by atoms with E-state index in [-0.39, 0.29) is 0 Å². The van der Waals surface area contributed by atoms with Gasteiger partial charge in [0.05, 0.1) is 21.3 Å². The molecule has 9 rings (SSSR count). The van der Waals surface area contributed by atoms with E-state index in [0.29, 0.717) is 0 Å². The molecule has 0 fully saturated rings. The predicted molar refractivity (Wildman–Crippen MR) is 164 cm³/mol. The van der Waals surface area contributed by atoms with E-state index in [9.17, 15) is 0 Å². The Hall–Kier alpha value is -4.73. The number of pyridine rings is 1. The molecule has 0 atom stereocenters. The smallest absolute Gasteiger partial charge is 0.0888 e. The van der Waals surface area contributed by atoms with Gasteiger partial charge in [-0.1, -0.05) is 84.9 Å². The van der Waals surface area contributed by atoms with E-state index in [4.69, 9.17) is 4.98 Å². The van der Waals surface area contributed by atoms with Crippen molar-refractivity contribution in [3.63, 3.8) is 0 Å². The Kier molecular flexibility index (Phi) is 3.96. The lowest BCUT2D eigenvalue weighted by atomic mass is 10.0. The molecule has 3 heterocycles. The van der Waals surface area contributed by atoms with Crippen LogP contribution < -0.4 is 0 Å². The lowest BCUT2D eigenvalue weighted by Crippen LogP contribution is -1.95. The Labute approximate surface area is 222 Å². The maximum Gasteiger partial charge on any atom is 0.0888 e. The number of hydrogen-bond donors (Lipinski definition) is 0. The van der Waals surface area contributed by atoms with Crippen molar-refractivity contribution in [2.45, 2.75) is 0 Å². The van der Waals surface area contributed by atoms with E-state index in [2.05, 4.69) is 120 Å². The average Bonchev–Trinajstić information content (AvgIpc) is 3.53. The fourth-order valence-electron chi connectivity index (χ4n) is 6.38. The fourth-order valence-corrected chi connectivity index (χ4v) is 7.60. The molecule has 0 saturated carbocycles. The van der Waals surface area contributed by atoms with Crippen LogP contribution in [0.2, 0.25) is 0 Å². The van der Waals surface area contributed by atoms with E-state index in [1.807, 2.05) is 17.5 Å². The Morgan fingerprint density at radius 2 is 1.26 bits per heavy atom. The molecule has 9 aromatic rings. The van der Waals surface area contributed by atoms with Crippen LogP contribution in [-0.4, -0.2) is 9.55 Å². The van der Waals surface area contributed by atoms with Gasteiger partial charge in [-0.3, -0.25) is 4.98 Å². The van der Waals surface area contributed by atoms with E-state index in [1.54, 1.807) is 0 Å². The second-order valence-electron chi connectivity index (χ2n) is 9.97. The van der Waals surface area contributed by atoms with Crippen LogP contribution in [0.4, 0.5) is 0 Å². The third-order valence-electron chi connectivity index (χ3n) is 7.99. The van der Waals surface area contributed by atoms with Gasteiger partial charge in [0.2, 0.25) is 0 Å². The summed E-state index contributed by atoms with van der Waals surface area (Å²) >= 11 is 1.85. The molecule has 0 radical (unpaired) electrons. The standard InChI is InChI=1S/C35H20N2S/c1-2-9-24-21(8-1)15-16-22-17-18-23(20-28(22)24)37-29-13-5-3-10-25(29)31-27-12-7-19-36-33(27)35-32(34(31)37)26-11-4-6-14-30(26)38-35/h1-20H. The van der Waals surface area contributed by atoms with E-state index in [1.165, 1.54) is 74.6 Å². The van der Waals surface area contributed by atoms with E-state index < -0.39 is 0 Å². The van der Waals surface area contributed by atoms with Crippen molar-refractivity contribution in [2.24, 2.45) is 0 Å². The zero-order chi connectivity index (χ0) is 24.8. The van der Waals surface area contributed by atoms with Crippen LogP contribution >= 0.6 is 11.3 Å². The average molecular weight is 501 g/mol. The summed E-state index contributed by atoms with van der Waals surface area (Å²) in [6.07, 6.45) is 1.92. The quantitative estimate of drug-likeness (QED) is 0.205. The minimum absolute atomic E-state index is 1.09. The van der Waals surface area contributed by atoms with Crippen molar-refractivity contribution in [3.05, 3.63) is 121 Å². The van der Waals surface area contributed by atoms with Gasteiger partial charge in [-0.15, -0.1) is 11.3 Å². The molecule has 6 aromatic carbocycles. The number of hydrogen-bond acceptors (Lipinski definition) is 2. The summed E-state index contributed by atoms with van der Waals surface area (Å²) in [5, 5.41) is 11.4. The molecule has 0 aliphatic carbocycles. The highest BCUT2D eigenvalue weighted by molar-refractivity contribution is 7.26. The van der Waals surface area contributed by atoms with Gasteiger partial charge in [-0.2, -0.15) is 0 Å². The number of para-hydroxylation sites is 1. The minimum Gasteiger partial charge on any atom is -0.309 e. The van der Waals surface area contributed by atoms with Crippen LogP contribution in [-0.2, 0) is 0 Å². The van der Waals surface area contributed by atoms with Crippen molar-refractivity contribution in [1.29, 1.82) is 0 Å². The third kappa shape index (κ3) is 2.59. The zero-order valence-corrected chi connectivity index (χ0v) is 21.2. The Bertz CT molecular complexity index is 2410. The van der Waals surface area contributed by atoms with Gasteiger partial charge in [-0.05, 0) is 51.9 Å². The Morgan fingerprint density at radius 1 is 0.553 bits per heavy atom. The van der Waals surface area contributed by atoms with Gasteiger partial charge in [0.1, 0.15) is 0 Å². The van der Waals surface area contributed by atoms with Crippen molar-refractivity contribution >= 4 is 85.8 Å². The number of thiophene rings is 1. The lowest BCUT2D eigenvalue weighted by Gasteiger charge is -2.12. The fraction of sp³-hybridized carbons (Fsp3) is 0. The van der Waals surface area contributed by atoms with Gasteiger partial charge in [-0.25, -0.2) is 0 Å². The van der Waals surface area contributed by atoms with E-state index >= 15 is 0 Å². The summed E-state index contributed by atoms with van der Waals surface area (Å²) in [5.74, 6) is 0. The molecule has 0 saturated heterocycles. The maximum atomic E-state index is 4.92. The summed E-state index contributed by atoms with van der Waals surface area (Å²) in [4.78, 5) is 4.92. The van der Waals surface area contributed by atoms with Crippen molar-refractivity contribution in [1.82, 2.24) is 9.55 Å². The first-order valence-corrected chi connectivity index (χ1v) is 13.7. The molecular formula is C35H20N2S. The van der Waals surface area contributed by atoms with Crippen LogP contribution in [0, 0.1) is 0 Å². The molecule has 3 aromatic heterocycles. The first-order valence-electron chi connectivity index (χ1n) is 12.9. The topological polar surface area (TPSA) is 17.8 Å². The highest BCUT2D eigenvalue weighted by Crippen LogP contribution is 2.47. The third-order valence-corrected chi connectivity index (χ3v) is 9.17. The van der Waals surface area contributed by atoms with Crippen LogP contribution in [0.25, 0.3) is 80.1 Å². The number of benzene rings is 6. The number of aromatic nitrogens is 2. The first kappa shape index (κ1) is 20.3. The molecule has 0 spiro atoms. The largest absolute Gasteiger partial charge is 0.309 e. The summed E-state index contributed by atoms with van der Waals surface area (Å²) in [5.41, 5.74) is 4.75. The first-order chi connectivity index (χ1) is 18.9. The van der Waals surface area contributed by atoms with Crippen molar-refractivity contribution in [2.75, 3.05) is 0 Å². The predicted octanol–water partition coefficient (Wildman–Crippen LogP) is 10.0. The Balaban J connectivity index is 1.56. The molecule has 3 heteroatoms. The molecule has 0 bridgehead atoms. The highest BCUT2D eigenvalue weighted by Gasteiger charge is 2.22. The van der Waals surface area contributed by atoms with Crippen LogP contribution in [0.3, 0.4) is 0 Å². The second kappa shape index (κ2) is 7.41. The van der Waals surface area contributed by atoms with Crippen LogP contribution in [0.15, 0.2) is 121 Å². The molecule has 2 nitrogen and oxygen atoms in total. The monoisotopic (exact) mass is 500 g/mol. The number of nitrogens with zero attached hydrogens (tertiary/aromatic N) is 2. The minimum atomic E-state index is 1.09. The molecule has 38 heavy (non-hydrogen) atoms. The summed E-state index contributed by atoms with van der Waals surface area (Å²) in [6.45, 7) is 0. The molecule has 176 valence electrons. The Morgan fingerprint density at radius 3 is 2.18 bits per heavy atom. The van der Waals surface area contributed by atoms with Gasteiger partial charge in [0, 0.05) is 43.5 Å². The maximum absolute atomic E-state index is 4.92. The molecule has 0 aliphatic rings. The van der Waals surface area contributed by atoms with Crippen LogP contribution in [0.1, 0.15) is 0 Å². The van der Waals surface area contributed by atoms with Gasteiger partial charge in [0.15, 0.2) is 0 Å². The second-order valence-corrected chi connectivity index (χ2v) is 11.0. The van der Waals surface area contributed by atoms with Crippen molar-refractivity contribution in [3.8, 4) is 5.69 Å². The number of fused-ring (bicyclic) bond motifs is 13. The summed E-state index contributed by atoms with van der Waals surface area (Å²) in [7, 11) is 0. The van der Waals surface area contributed by atoms with Gasteiger partial charge >= 0.3 is 0 Å². The number of rotatable bonds is 1. The molecule has 0 N–H and O–H groups in total. The lowest BCUT2D eigenvalue weighted by molar-refractivity contribution is 1.19. The SMILES string of the molecule is c1ccc2c(c1)ccc1ccc(-n3c4ccccc4c4c5cccnc5c5sc6ccccc6c5c43)cc12. The molecule has 0 amide bonds. The summed E-state index contributed by atoms with van der Waals surface area (Å²) < 4.78 is 5.03. The van der Waals surface area contributed by atoms with Crippen LogP contribution in [0.5, 0.6) is 0 Å². The zero-order valence-electron chi connectivity index (χ0n) is 20.3. The van der Waals surface area contributed by atoms with E-state index in [0.717, 1.165) is 5.52 Å². The highest BCUT2D eigenvalue weighted by atomic mass is 32.1. The molecular weight excluding hydrogens is 480 g/mol.